The van der Waals surface area contributed by atoms with Gasteiger partial charge in [-0.2, -0.15) is 0 Å². The lowest BCUT2D eigenvalue weighted by molar-refractivity contribution is -0.114. The third-order valence-electron chi connectivity index (χ3n) is 2.83. The Kier molecular flexibility index (Phi) is 4.26. The van der Waals surface area contributed by atoms with Crippen molar-refractivity contribution in [1.29, 1.82) is 0 Å². The van der Waals surface area contributed by atoms with E-state index in [4.69, 9.17) is 4.74 Å². The summed E-state index contributed by atoms with van der Waals surface area (Å²) in [6.45, 7) is 5.38. The topological polar surface area (TPSA) is 55.4 Å². The van der Waals surface area contributed by atoms with Crippen LogP contribution in [-0.4, -0.2) is 17.5 Å². The molecule has 0 saturated carbocycles. The number of amides is 1. The number of carbonyl (C=O) groups is 2. The first kappa shape index (κ1) is 15.0. The van der Waals surface area contributed by atoms with Crippen molar-refractivity contribution in [2.75, 3.05) is 0 Å². The van der Waals surface area contributed by atoms with Crippen LogP contribution in [0.1, 0.15) is 32.8 Å². The van der Waals surface area contributed by atoms with Gasteiger partial charge in [0.25, 0.3) is 0 Å². The molecule has 0 unspecified atom stereocenters. The molecule has 110 valence electrons. The molecule has 1 aliphatic rings. The SMILES string of the molecule is CC(C)(C)OC(=O)NC1=CCC(=O)C1=Cc1ccccc1. The van der Waals surface area contributed by atoms with Crippen molar-refractivity contribution in [1.82, 2.24) is 5.32 Å². The van der Waals surface area contributed by atoms with Gasteiger partial charge in [0.2, 0.25) is 0 Å². The van der Waals surface area contributed by atoms with Crippen LogP contribution in [0.15, 0.2) is 47.7 Å². The summed E-state index contributed by atoms with van der Waals surface area (Å²) in [5.74, 6) is -0.00934. The lowest BCUT2D eigenvalue weighted by atomic mass is 10.1. The van der Waals surface area contributed by atoms with E-state index in [0.717, 1.165) is 5.56 Å². The molecule has 0 saturated heterocycles. The normalized spacial score (nSPS) is 16.8. The molecule has 1 N–H and O–H groups in total. The first-order valence-electron chi connectivity index (χ1n) is 6.86. The number of allylic oxidation sites excluding steroid dienone is 2. The fraction of sp³-hybridized carbons (Fsp3) is 0.294. The van der Waals surface area contributed by atoms with Gasteiger partial charge in [-0.15, -0.1) is 0 Å². The highest BCUT2D eigenvalue weighted by atomic mass is 16.6. The summed E-state index contributed by atoms with van der Waals surface area (Å²) < 4.78 is 5.20. The van der Waals surface area contributed by atoms with Crippen molar-refractivity contribution in [2.45, 2.75) is 32.8 Å². The molecule has 0 fully saturated rings. The fourth-order valence-corrected chi connectivity index (χ4v) is 1.97. The second kappa shape index (κ2) is 5.95. The van der Waals surface area contributed by atoms with E-state index >= 15 is 0 Å². The van der Waals surface area contributed by atoms with E-state index in [2.05, 4.69) is 5.32 Å². The summed E-state index contributed by atoms with van der Waals surface area (Å²) >= 11 is 0. The van der Waals surface area contributed by atoms with Gasteiger partial charge in [-0.3, -0.25) is 10.1 Å². The van der Waals surface area contributed by atoms with Crippen LogP contribution in [0, 0.1) is 0 Å². The summed E-state index contributed by atoms with van der Waals surface area (Å²) in [7, 11) is 0. The highest BCUT2D eigenvalue weighted by molar-refractivity contribution is 6.07. The minimum absolute atomic E-state index is 0.00934. The van der Waals surface area contributed by atoms with Crippen LogP contribution in [0.2, 0.25) is 0 Å². The van der Waals surface area contributed by atoms with Crippen LogP contribution in [0.3, 0.4) is 0 Å². The highest BCUT2D eigenvalue weighted by Crippen LogP contribution is 2.22. The number of ketones is 1. The van der Waals surface area contributed by atoms with E-state index in [1.54, 1.807) is 32.9 Å². The van der Waals surface area contributed by atoms with Gasteiger partial charge in [-0.1, -0.05) is 36.4 Å². The molecule has 4 nitrogen and oxygen atoms in total. The van der Waals surface area contributed by atoms with Crippen LogP contribution < -0.4 is 5.32 Å². The molecule has 0 radical (unpaired) electrons. The number of hydrogen-bond acceptors (Lipinski definition) is 3. The zero-order chi connectivity index (χ0) is 15.5. The molecule has 1 aliphatic carbocycles. The molecular weight excluding hydrogens is 266 g/mol. The van der Waals surface area contributed by atoms with Crippen LogP contribution >= 0.6 is 0 Å². The molecule has 0 heterocycles. The van der Waals surface area contributed by atoms with Gasteiger partial charge in [0.05, 0.1) is 5.70 Å². The average Bonchev–Trinajstić information content (AvgIpc) is 2.70. The Bertz CT molecular complexity index is 607. The van der Waals surface area contributed by atoms with Gasteiger partial charge in [-0.05, 0) is 32.4 Å². The van der Waals surface area contributed by atoms with Crippen molar-refractivity contribution in [3.8, 4) is 0 Å². The molecule has 21 heavy (non-hydrogen) atoms. The number of alkyl carbamates (subject to hydrolysis) is 1. The van der Waals surface area contributed by atoms with Crippen LogP contribution in [-0.2, 0) is 9.53 Å². The van der Waals surface area contributed by atoms with Gasteiger partial charge in [0, 0.05) is 12.0 Å². The third kappa shape index (κ3) is 4.31. The standard InChI is InChI=1S/C17H19NO3/c1-17(2,3)21-16(20)18-14-9-10-15(19)13(14)11-12-7-5-4-6-8-12/h4-9,11H,10H2,1-3H3,(H,18,20). The van der Waals surface area contributed by atoms with Gasteiger partial charge >= 0.3 is 6.09 Å². The molecule has 1 aromatic carbocycles. The molecule has 4 heteroatoms. The van der Waals surface area contributed by atoms with Gasteiger partial charge in [0.1, 0.15) is 5.60 Å². The second-order valence-electron chi connectivity index (χ2n) is 5.84. The highest BCUT2D eigenvalue weighted by Gasteiger charge is 2.24. The number of carbonyl (C=O) groups excluding carboxylic acids is 2. The Balaban J connectivity index is 2.14. The minimum Gasteiger partial charge on any atom is -0.444 e. The van der Waals surface area contributed by atoms with Crippen LogP contribution in [0.25, 0.3) is 6.08 Å². The summed E-state index contributed by atoms with van der Waals surface area (Å²) in [5, 5.41) is 2.65. The third-order valence-corrected chi connectivity index (χ3v) is 2.83. The Morgan fingerprint density at radius 3 is 2.52 bits per heavy atom. The maximum atomic E-state index is 11.9. The summed E-state index contributed by atoms with van der Waals surface area (Å²) in [6.07, 6.45) is 3.23. The quantitative estimate of drug-likeness (QED) is 0.847. The maximum absolute atomic E-state index is 11.9. The monoisotopic (exact) mass is 285 g/mol. The zero-order valence-corrected chi connectivity index (χ0v) is 12.5. The summed E-state index contributed by atoms with van der Waals surface area (Å²) in [5.41, 5.74) is 1.36. The molecule has 0 aromatic heterocycles. The molecule has 0 aliphatic heterocycles. The van der Waals surface area contributed by atoms with Crippen molar-refractivity contribution in [2.24, 2.45) is 0 Å². The first-order valence-corrected chi connectivity index (χ1v) is 6.86. The van der Waals surface area contributed by atoms with Crippen LogP contribution in [0.4, 0.5) is 4.79 Å². The predicted molar refractivity (Wildman–Crippen MR) is 81.5 cm³/mol. The Morgan fingerprint density at radius 1 is 1.24 bits per heavy atom. The number of rotatable bonds is 2. The van der Waals surface area contributed by atoms with E-state index in [1.807, 2.05) is 30.3 Å². The molecule has 0 bridgehead atoms. The minimum atomic E-state index is -0.573. The van der Waals surface area contributed by atoms with Crippen molar-refractivity contribution in [3.05, 3.63) is 53.2 Å². The van der Waals surface area contributed by atoms with E-state index in [0.29, 0.717) is 17.7 Å². The van der Waals surface area contributed by atoms with Gasteiger partial charge in [-0.25, -0.2) is 4.79 Å². The Labute approximate surface area is 124 Å². The number of nitrogens with one attached hydrogen (secondary N) is 1. The Hall–Kier alpha value is -2.36. The second-order valence-corrected chi connectivity index (χ2v) is 5.84. The van der Waals surface area contributed by atoms with Gasteiger partial charge < -0.3 is 4.74 Å². The zero-order valence-electron chi connectivity index (χ0n) is 12.5. The number of hydrogen-bond donors (Lipinski definition) is 1. The molecule has 2 rings (SSSR count). The van der Waals surface area contributed by atoms with Crippen molar-refractivity contribution in [3.63, 3.8) is 0 Å². The van der Waals surface area contributed by atoms with Crippen LogP contribution in [0.5, 0.6) is 0 Å². The molecule has 1 amide bonds. The smallest absolute Gasteiger partial charge is 0.412 e. The molecular formula is C17H19NO3. The summed E-state index contributed by atoms with van der Waals surface area (Å²) in [4.78, 5) is 23.7. The maximum Gasteiger partial charge on any atom is 0.412 e. The van der Waals surface area contributed by atoms with E-state index in [9.17, 15) is 9.59 Å². The van der Waals surface area contributed by atoms with E-state index < -0.39 is 11.7 Å². The van der Waals surface area contributed by atoms with Crippen molar-refractivity contribution < 1.29 is 14.3 Å². The van der Waals surface area contributed by atoms with E-state index in [-0.39, 0.29) is 5.78 Å². The number of ether oxygens (including phenoxy) is 1. The fourth-order valence-electron chi connectivity index (χ4n) is 1.97. The van der Waals surface area contributed by atoms with E-state index in [1.165, 1.54) is 0 Å². The largest absolute Gasteiger partial charge is 0.444 e. The number of benzene rings is 1. The molecule has 0 spiro atoms. The lowest BCUT2D eigenvalue weighted by Gasteiger charge is -2.20. The van der Waals surface area contributed by atoms with Gasteiger partial charge in [0.15, 0.2) is 5.78 Å². The molecule has 1 aromatic rings. The average molecular weight is 285 g/mol. The number of Topliss-reactive ketones (excluding diaryl/α,β-unsaturated/α-hetero) is 1. The first-order chi connectivity index (χ1) is 9.85. The lowest BCUT2D eigenvalue weighted by Crippen LogP contribution is -2.32. The Morgan fingerprint density at radius 2 is 1.90 bits per heavy atom. The summed E-state index contributed by atoms with van der Waals surface area (Å²) in [6, 6.07) is 9.52. The van der Waals surface area contributed by atoms with Crippen molar-refractivity contribution >= 4 is 18.0 Å². The predicted octanol–water partition coefficient (Wildman–Crippen LogP) is 3.45. The molecule has 0 atom stereocenters.